The Bertz CT molecular complexity index is 734. The van der Waals surface area contributed by atoms with E-state index in [1.807, 2.05) is 25.1 Å². The van der Waals surface area contributed by atoms with Crippen molar-refractivity contribution in [2.45, 2.75) is 13.3 Å². The first-order chi connectivity index (χ1) is 11.4. The maximum Gasteiger partial charge on any atom is 0.227 e. The van der Waals surface area contributed by atoms with Crippen molar-refractivity contribution in [3.8, 4) is 11.5 Å². The number of nitrogens with two attached hydrogens (primary N) is 1. The molecule has 2 aromatic carbocycles. The molecule has 1 atom stereocenters. The fourth-order valence-corrected chi connectivity index (χ4v) is 2.58. The van der Waals surface area contributed by atoms with Crippen molar-refractivity contribution >= 4 is 28.9 Å². The molecule has 0 aliphatic carbocycles. The zero-order valence-electron chi connectivity index (χ0n) is 13.9. The Hall–Kier alpha value is -2.40. The van der Waals surface area contributed by atoms with Gasteiger partial charge in [-0.1, -0.05) is 24.6 Å². The second-order valence-electron chi connectivity index (χ2n) is 5.52. The molecule has 5 nitrogen and oxygen atoms in total. The van der Waals surface area contributed by atoms with Crippen LogP contribution in [0.5, 0.6) is 11.5 Å². The van der Waals surface area contributed by atoms with E-state index in [1.54, 1.807) is 32.4 Å². The summed E-state index contributed by atoms with van der Waals surface area (Å²) in [6.45, 7) is 1.86. The van der Waals surface area contributed by atoms with Crippen molar-refractivity contribution in [1.29, 1.82) is 0 Å². The normalized spacial score (nSPS) is 11.7. The summed E-state index contributed by atoms with van der Waals surface area (Å²) in [7, 11) is 3.17. The van der Waals surface area contributed by atoms with Crippen LogP contribution in [0.3, 0.4) is 0 Å². The molecule has 0 fully saturated rings. The van der Waals surface area contributed by atoms with E-state index in [0.717, 1.165) is 5.56 Å². The second-order valence-corrected chi connectivity index (χ2v) is 5.93. The smallest absolute Gasteiger partial charge is 0.227 e. The molecular formula is C18H21ClN2O3. The first-order valence-electron chi connectivity index (χ1n) is 7.51. The van der Waals surface area contributed by atoms with Crippen LogP contribution in [0.2, 0.25) is 5.02 Å². The molecule has 2 rings (SSSR count). The van der Waals surface area contributed by atoms with E-state index in [4.69, 9.17) is 26.8 Å². The fourth-order valence-electron chi connectivity index (χ4n) is 2.34. The number of amides is 1. The SMILES string of the molecule is COc1ccc(CC(C)C(=O)Nc2ccc(N)cc2Cl)cc1OC. The number of halogens is 1. The van der Waals surface area contributed by atoms with E-state index in [1.165, 1.54) is 0 Å². The van der Waals surface area contributed by atoms with Gasteiger partial charge in [0.05, 0.1) is 24.9 Å². The molecule has 0 aromatic heterocycles. The number of carbonyl (C=O) groups excluding carboxylic acids is 1. The monoisotopic (exact) mass is 348 g/mol. The third kappa shape index (κ3) is 4.32. The van der Waals surface area contributed by atoms with Crippen molar-refractivity contribution in [1.82, 2.24) is 0 Å². The van der Waals surface area contributed by atoms with Crippen molar-refractivity contribution in [2.75, 3.05) is 25.3 Å². The predicted molar refractivity (Wildman–Crippen MR) is 96.9 cm³/mol. The minimum Gasteiger partial charge on any atom is -0.493 e. The number of hydrogen-bond donors (Lipinski definition) is 2. The second kappa shape index (κ2) is 7.93. The Morgan fingerprint density at radius 1 is 1.17 bits per heavy atom. The number of methoxy groups -OCH3 is 2. The summed E-state index contributed by atoms with van der Waals surface area (Å²) in [5.74, 6) is 0.948. The molecule has 0 saturated heterocycles. The summed E-state index contributed by atoms with van der Waals surface area (Å²) in [6, 6.07) is 10.6. The van der Waals surface area contributed by atoms with Crippen LogP contribution in [-0.4, -0.2) is 20.1 Å². The lowest BCUT2D eigenvalue weighted by Gasteiger charge is -2.15. The summed E-state index contributed by atoms with van der Waals surface area (Å²) in [4.78, 5) is 12.4. The van der Waals surface area contributed by atoms with Crippen molar-refractivity contribution < 1.29 is 14.3 Å². The van der Waals surface area contributed by atoms with Crippen LogP contribution in [0.25, 0.3) is 0 Å². The Morgan fingerprint density at radius 2 is 1.88 bits per heavy atom. The highest BCUT2D eigenvalue weighted by Gasteiger charge is 2.16. The zero-order chi connectivity index (χ0) is 17.7. The average molecular weight is 349 g/mol. The van der Waals surface area contributed by atoms with Crippen LogP contribution in [0.1, 0.15) is 12.5 Å². The van der Waals surface area contributed by atoms with Gasteiger partial charge in [0.1, 0.15) is 0 Å². The number of nitrogen functional groups attached to an aromatic ring is 1. The van der Waals surface area contributed by atoms with Gasteiger partial charge in [-0.15, -0.1) is 0 Å². The molecule has 128 valence electrons. The topological polar surface area (TPSA) is 73.6 Å². The van der Waals surface area contributed by atoms with E-state index >= 15 is 0 Å². The van der Waals surface area contributed by atoms with Crippen molar-refractivity contribution in [3.05, 3.63) is 47.0 Å². The Balaban J connectivity index is 2.06. The van der Waals surface area contributed by atoms with E-state index in [-0.39, 0.29) is 11.8 Å². The number of rotatable bonds is 6. The third-order valence-corrected chi connectivity index (χ3v) is 4.00. The van der Waals surface area contributed by atoms with Crippen LogP contribution in [0.15, 0.2) is 36.4 Å². The summed E-state index contributed by atoms with van der Waals surface area (Å²) < 4.78 is 10.5. The minimum atomic E-state index is -0.239. The molecule has 0 bridgehead atoms. The van der Waals surface area contributed by atoms with Gasteiger partial charge in [0.2, 0.25) is 5.91 Å². The van der Waals surface area contributed by atoms with Gasteiger partial charge in [-0.3, -0.25) is 4.79 Å². The van der Waals surface area contributed by atoms with Gasteiger partial charge < -0.3 is 20.5 Å². The van der Waals surface area contributed by atoms with Gasteiger partial charge in [0.15, 0.2) is 11.5 Å². The van der Waals surface area contributed by atoms with E-state index in [9.17, 15) is 4.79 Å². The fraction of sp³-hybridized carbons (Fsp3) is 0.278. The van der Waals surface area contributed by atoms with Crippen LogP contribution >= 0.6 is 11.6 Å². The summed E-state index contributed by atoms with van der Waals surface area (Å²) >= 11 is 6.09. The van der Waals surface area contributed by atoms with Crippen molar-refractivity contribution in [2.24, 2.45) is 5.92 Å². The van der Waals surface area contributed by atoms with Gasteiger partial charge in [0.25, 0.3) is 0 Å². The van der Waals surface area contributed by atoms with E-state index < -0.39 is 0 Å². The van der Waals surface area contributed by atoms with Gasteiger partial charge in [-0.2, -0.15) is 0 Å². The average Bonchev–Trinajstić information content (AvgIpc) is 2.57. The molecule has 0 aliphatic rings. The van der Waals surface area contributed by atoms with Gasteiger partial charge in [-0.05, 0) is 42.3 Å². The van der Waals surface area contributed by atoms with Crippen LogP contribution < -0.4 is 20.5 Å². The number of nitrogens with one attached hydrogen (secondary N) is 1. The number of carbonyl (C=O) groups is 1. The maximum absolute atomic E-state index is 12.4. The number of benzene rings is 2. The number of hydrogen-bond acceptors (Lipinski definition) is 4. The summed E-state index contributed by atoms with van der Waals surface area (Å²) in [5, 5.41) is 3.24. The first-order valence-corrected chi connectivity index (χ1v) is 7.89. The highest BCUT2D eigenvalue weighted by molar-refractivity contribution is 6.34. The molecular weight excluding hydrogens is 328 g/mol. The molecule has 1 amide bonds. The molecule has 3 N–H and O–H groups in total. The van der Waals surface area contributed by atoms with Gasteiger partial charge >= 0.3 is 0 Å². The highest BCUT2D eigenvalue weighted by atomic mass is 35.5. The summed E-state index contributed by atoms with van der Waals surface area (Å²) in [6.07, 6.45) is 0.568. The van der Waals surface area contributed by atoms with Crippen LogP contribution in [-0.2, 0) is 11.2 Å². The van der Waals surface area contributed by atoms with Gasteiger partial charge in [0, 0.05) is 11.6 Å². The lowest BCUT2D eigenvalue weighted by Crippen LogP contribution is -2.22. The molecule has 0 saturated carbocycles. The Kier molecular flexibility index (Phi) is 5.93. The molecule has 0 spiro atoms. The lowest BCUT2D eigenvalue weighted by atomic mass is 10.00. The quantitative estimate of drug-likeness (QED) is 0.779. The Morgan fingerprint density at radius 3 is 2.50 bits per heavy atom. The molecule has 6 heteroatoms. The minimum absolute atomic E-state index is 0.114. The van der Waals surface area contributed by atoms with Gasteiger partial charge in [-0.25, -0.2) is 0 Å². The summed E-state index contributed by atoms with van der Waals surface area (Å²) in [5.41, 5.74) is 7.74. The standard InChI is InChI=1S/C18H21ClN2O3/c1-11(8-12-4-7-16(23-2)17(9-12)24-3)18(22)21-15-6-5-13(20)10-14(15)19/h4-7,9-11H,8,20H2,1-3H3,(H,21,22). The molecule has 0 radical (unpaired) electrons. The zero-order valence-corrected chi connectivity index (χ0v) is 14.7. The highest BCUT2D eigenvalue weighted by Crippen LogP contribution is 2.29. The molecule has 24 heavy (non-hydrogen) atoms. The first kappa shape index (κ1) is 17.9. The van der Waals surface area contributed by atoms with Crippen LogP contribution in [0.4, 0.5) is 11.4 Å². The van der Waals surface area contributed by atoms with E-state index in [2.05, 4.69) is 5.32 Å². The van der Waals surface area contributed by atoms with Crippen LogP contribution in [0, 0.1) is 5.92 Å². The number of anilines is 2. The molecule has 1 unspecified atom stereocenters. The van der Waals surface area contributed by atoms with Crippen molar-refractivity contribution in [3.63, 3.8) is 0 Å². The predicted octanol–water partition coefficient (Wildman–Crippen LogP) is 3.76. The maximum atomic E-state index is 12.4. The molecule has 0 aliphatic heterocycles. The molecule has 0 heterocycles. The third-order valence-electron chi connectivity index (χ3n) is 3.69. The lowest BCUT2D eigenvalue weighted by molar-refractivity contribution is -0.119. The number of ether oxygens (including phenoxy) is 2. The molecule has 2 aromatic rings. The Labute approximate surface area is 146 Å². The van der Waals surface area contributed by atoms with E-state index in [0.29, 0.717) is 34.3 Å². The largest absolute Gasteiger partial charge is 0.493 e.